The summed E-state index contributed by atoms with van der Waals surface area (Å²) in [5, 5.41) is 11.8. The van der Waals surface area contributed by atoms with Crippen LogP contribution in [0.25, 0.3) is 10.8 Å². The molecule has 0 aromatic heterocycles. The summed E-state index contributed by atoms with van der Waals surface area (Å²) in [5.41, 5.74) is 0. The Bertz CT molecular complexity index is 815. The molecular weight excluding hydrogens is 451 g/mol. The summed E-state index contributed by atoms with van der Waals surface area (Å²) >= 11 is 0. The molecule has 0 radical (unpaired) electrons. The number of rotatable bonds is 6. The van der Waals surface area contributed by atoms with Gasteiger partial charge >= 0.3 is 0 Å². The van der Waals surface area contributed by atoms with Gasteiger partial charge in [0.2, 0.25) is 10.0 Å². The van der Waals surface area contributed by atoms with E-state index in [4.69, 9.17) is 0 Å². The van der Waals surface area contributed by atoms with Crippen LogP contribution >= 0.6 is 0 Å². The topological polar surface area (TPSA) is 66.4 Å². The number of halogens is 1. The van der Waals surface area contributed by atoms with Gasteiger partial charge in [0, 0.05) is 24.8 Å². The average molecular weight is 476 g/mol. The fourth-order valence-corrected chi connectivity index (χ4v) is 4.87. The van der Waals surface area contributed by atoms with E-state index in [0.29, 0.717) is 11.9 Å². The zero-order valence-corrected chi connectivity index (χ0v) is 17.3. The second-order valence-corrected chi connectivity index (χ2v) is 8.67. The van der Waals surface area contributed by atoms with Crippen LogP contribution < -0.4 is 28.7 Å². The quantitative estimate of drug-likeness (QED) is 0.404. The number of benzene rings is 2. The van der Waals surface area contributed by atoms with Gasteiger partial charge in [-0.25, -0.2) is 13.1 Å². The summed E-state index contributed by atoms with van der Waals surface area (Å²) in [5.74, 6) is 0. The number of aliphatic hydroxyl groups is 1. The fraction of sp³-hybridized carbons (Fsp3) is 0.444. The first-order chi connectivity index (χ1) is 11.4. The SMILES string of the molecule is C[N+]1(CC(O)CNS(=O)(=O)c2cccc3ccccc23)CCCC1.[I-]. The van der Waals surface area contributed by atoms with Gasteiger partial charge in [-0.1, -0.05) is 36.4 Å². The molecule has 2 aromatic rings. The van der Waals surface area contributed by atoms with Gasteiger partial charge in [0.25, 0.3) is 0 Å². The number of likely N-dealkylation sites (N-methyl/N-ethyl adjacent to an activating group) is 1. The number of nitrogens with one attached hydrogen (secondary N) is 1. The first-order valence-corrected chi connectivity index (χ1v) is 9.87. The third-order valence-electron chi connectivity index (χ3n) is 4.85. The molecule has 0 spiro atoms. The van der Waals surface area contributed by atoms with E-state index in [2.05, 4.69) is 11.8 Å². The molecule has 1 saturated heterocycles. The van der Waals surface area contributed by atoms with E-state index in [1.54, 1.807) is 18.2 Å². The van der Waals surface area contributed by atoms with Gasteiger partial charge < -0.3 is 33.6 Å². The molecule has 1 fully saturated rings. The van der Waals surface area contributed by atoms with Gasteiger partial charge in [-0.05, 0) is 11.5 Å². The molecule has 7 heteroatoms. The van der Waals surface area contributed by atoms with Crippen molar-refractivity contribution < 1.29 is 42.0 Å². The van der Waals surface area contributed by atoms with Gasteiger partial charge in [-0.15, -0.1) is 0 Å². The fourth-order valence-electron chi connectivity index (χ4n) is 3.57. The molecular formula is C18H25IN2O3S. The predicted molar refractivity (Wildman–Crippen MR) is 95.2 cm³/mol. The standard InChI is InChI=1S/C18H25N2O3S.HI/c1-20(11-4-5-12-20)14-16(21)13-19-24(22,23)18-10-6-8-15-7-2-3-9-17(15)18;/h2-3,6-10,16,19,21H,4-5,11-14H2,1H3;1H/q+1;/p-1. The molecule has 0 amide bonds. The number of fused-ring (bicyclic) bond motifs is 1. The Morgan fingerprint density at radius 3 is 2.48 bits per heavy atom. The Balaban J connectivity index is 0.00000225. The highest BCUT2D eigenvalue weighted by molar-refractivity contribution is 7.89. The molecule has 2 aromatic carbocycles. The smallest absolute Gasteiger partial charge is 0.241 e. The van der Waals surface area contributed by atoms with Crippen LogP contribution in [0.2, 0.25) is 0 Å². The molecule has 0 aliphatic carbocycles. The number of quaternary nitrogens is 1. The van der Waals surface area contributed by atoms with Crippen LogP contribution in [0, 0.1) is 0 Å². The minimum absolute atomic E-state index is 0. The lowest BCUT2D eigenvalue weighted by atomic mass is 10.1. The van der Waals surface area contributed by atoms with Crippen LogP contribution in [-0.2, 0) is 10.0 Å². The van der Waals surface area contributed by atoms with Crippen LogP contribution in [-0.4, -0.2) is 57.3 Å². The monoisotopic (exact) mass is 476 g/mol. The molecule has 1 aliphatic rings. The molecule has 25 heavy (non-hydrogen) atoms. The number of hydrogen-bond donors (Lipinski definition) is 2. The summed E-state index contributed by atoms with van der Waals surface area (Å²) in [6.45, 7) is 2.72. The first-order valence-electron chi connectivity index (χ1n) is 8.39. The Morgan fingerprint density at radius 1 is 1.12 bits per heavy atom. The lowest BCUT2D eigenvalue weighted by Gasteiger charge is -2.31. The van der Waals surface area contributed by atoms with Crippen molar-refractivity contribution in [3.63, 3.8) is 0 Å². The van der Waals surface area contributed by atoms with Gasteiger partial charge in [0.1, 0.15) is 12.6 Å². The highest BCUT2D eigenvalue weighted by Crippen LogP contribution is 2.22. The largest absolute Gasteiger partial charge is 1.00 e. The lowest BCUT2D eigenvalue weighted by molar-refractivity contribution is -0.900. The van der Waals surface area contributed by atoms with Crippen LogP contribution in [0.1, 0.15) is 12.8 Å². The first kappa shape index (κ1) is 20.6. The third kappa shape index (κ3) is 4.91. The van der Waals surface area contributed by atoms with Crippen LogP contribution in [0.4, 0.5) is 0 Å². The highest BCUT2D eigenvalue weighted by Gasteiger charge is 2.30. The molecule has 138 valence electrons. The third-order valence-corrected chi connectivity index (χ3v) is 6.33. The molecule has 1 heterocycles. The highest BCUT2D eigenvalue weighted by atomic mass is 127. The van der Waals surface area contributed by atoms with Crippen molar-refractivity contribution in [1.82, 2.24) is 4.72 Å². The lowest BCUT2D eigenvalue weighted by Crippen LogP contribution is -3.00. The van der Waals surface area contributed by atoms with E-state index >= 15 is 0 Å². The van der Waals surface area contributed by atoms with Crippen molar-refractivity contribution in [3.05, 3.63) is 42.5 Å². The van der Waals surface area contributed by atoms with Gasteiger partial charge in [0.05, 0.1) is 25.0 Å². The van der Waals surface area contributed by atoms with Gasteiger partial charge in [-0.3, -0.25) is 0 Å². The molecule has 1 unspecified atom stereocenters. The predicted octanol–water partition coefficient (Wildman–Crippen LogP) is -1.28. The maximum atomic E-state index is 12.6. The maximum Gasteiger partial charge on any atom is 0.241 e. The zero-order chi connectivity index (χ0) is 17.2. The summed E-state index contributed by atoms with van der Waals surface area (Å²) in [7, 11) is -1.53. The maximum absolute atomic E-state index is 12.6. The van der Waals surface area contributed by atoms with E-state index in [0.717, 1.165) is 23.0 Å². The minimum atomic E-state index is -3.65. The summed E-state index contributed by atoms with van der Waals surface area (Å²) in [6.07, 6.45) is 1.66. The van der Waals surface area contributed by atoms with E-state index in [1.165, 1.54) is 12.8 Å². The molecule has 1 aliphatic heterocycles. The minimum Gasteiger partial charge on any atom is -1.00 e. The molecule has 1 atom stereocenters. The van der Waals surface area contributed by atoms with Crippen LogP contribution in [0.5, 0.6) is 0 Å². The Labute approximate surface area is 166 Å². The summed E-state index contributed by atoms with van der Waals surface area (Å²) in [6, 6.07) is 12.6. The second-order valence-electron chi connectivity index (χ2n) is 6.94. The number of aliphatic hydroxyl groups excluding tert-OH is 1. The molecule has 2 N–H and O–H groups in total. The Kier molecular flexibility index (Phi) is 6.83. The van der Waals surface area contributed by atoms with Crippen molar-refractivity contribution in [1.29, 1.82) is 0 Å². The van der Waals surface area contributed by atoms with Crippen molar-refractivity contribution in [3.8, 4) is 0 Å². The van der Waals surface area contributed by atoms with Crippen molar-refractivity contribution in [2.24, 2.45) is 0 Å². The van der Waals surface area contributed by atoms with E-state index < -0.39 is 16.1 Å². The molecule has 3 rings (SSSR count). The molecule has 5 nitrogen and oxygen atoms in total. The van der Waals surface area contributed by atoms with Gasteiger partial charge in [-0.2, -0.15) is 0 Å². The average Bonchev–Trinajstić information content (AvgIpc) is 2.98. The van der Waals surface area contributed by atoms with E-state index in [-0.39, 0.29) is 35.4 Å². The van der Waals surface area contributed by atoms with E-state index in [9.17, 15) is 13.5 Å². The zero-order valence-electron chi connectivity index (χ0n) is 14.4. The van der Waals surface area contributed by atoms with E-state index in [1.807, 2.05) is 24.3 Å². The second kappa shape index (κ2) is 8.30. The number of hydrogen-bond acceptors (Lipinski definition) is 3. The normalized spacial score (nSPS) is 18.0. The number of sulfonamides is 1. The van der Waals surface area contributed by atoms with Crippen LogP contribution in [0.3, 0.4) is 0 Å². The molecule has 0 bridgehead atoms. The van der Waals surface area contributed by atoms with Crippen molar-refractivity contribution in [2.45, 2.75) is 23.8 Å². The summed E-state index contributed by atoms with van der Waals surface area (Å²) < 4.78 is 28.7. The van der Waals surface area contributed by atoms with Crippen LogP contribution in [0.15, 0.2) is 47.4 Å². The molecule has 0 saturated carbocycles. The van der Waals surface area contributed by atoms with Gasteiger partial charge in [0.15, 0.2) is 0 Å². The summed E-state index contributed by atoms with van der Waals surface area (Å²) in [4.78, 5) is 0.259. The Hall–Kier alpha value is -0.740. The van der Waals surface area contributed by atoms with Crippen molar-refractivity contribution >= 4 is 20.8 Å². The Morgan fingerprint density at radius 2 is 1.76 bits per heavy atom. The number of likely N-dealkylation sites (tertiary alicyclic amines) is 1. The van der Waals surface area contributed by atoms with Crippen molar-refractivity contribution in [2.75, 3.05) is 33.2 Å². The number of nitrogens with zero attached hydrogens (tertiary/aromatic N) is 1.